The summed E-state index contributed by atoms with van der Waals surface area (Å²) in [4.78, 5) is 2.50. The van der Waals surface area contributed by atoms with Crippen LogP contribution in [-0.2, 0) is 21.7 Å². The lowest BCUT2D eigenvalue weighted by molar-refractivity contribution is 0.590. The summed E-state index contributed by atoms with van der Waals surface area (Å²) in [7, 11) is 0. The summed E-state index contributed by atoms with van der Waals surface area (Å²) in [5.41, 5.74) is 27.1. The Kier molecular flexibility index (Phi) is 8.36. The SMILES string of the molecule is Cc1cccc(-c2cc3c(c4c2oc2ccccc24)-c2ccc(N(c4ccc(C(C)(C)C)cc4)c4ccc5c(c4)C(C)(C)c4c6c(c7oc8ccccc8c7c4-5)-c4ccccc4C6(C)C)cc2C3(C)C)c1. The maximum atomic E-state index is 7.00. The fourth-order valence-corrected chi connectivity index (χ4v) is 13.5. The summed E-state index contributed by atoms with van der Waals surface area (Å²) >= 11 is 0. The Morgan fingerprint density at radius 3 is 1.61 bits per heavy atom. The normalized spacial score (nSPS) is 15.5. The van der Waals surface area contributed by atoms with Crippen molar-refractivity contribution in [2.24, 2.45) is 0 Å². The Bertz CT molecular complexity index is 4120. The molecular formula is C68H57NO2. The first-order valence-corrected chi connectivity index (χ1v) is 25.4. The van der Waals surface area contributed by atoms with Crippen LogP contribution < -0.4 is 4.90 Å². The van der Waals surface area contributed by atoms with Gasteiger partial charge in [0.2, 0.25) is 0 Å². The van der Waals surface area contributed by atoms with Gasteiger partial charge in [0.25, 0.3) is 0 Å². The number of nitrogens with zero attached hydrogens (tertiary/aromatic N) is 1. The van der Waals surface area contributed by atoms with Crippen LogP contribution in [0.25, 0.3) is 88.4 Å². The third-order valence-electron chi connectivity index (χ3n) is 17.0. The molecule has 0 bridgehead atoms. The molecule has 14 rings (SSSR count). The zero-order valence-electron chi connectivity index (χ0n) is 42.4. The van der Waals surface area contributed by atoms with Gasteiger partial charge in [0.1, 0.15) is 22.3 Å². The van der Waals surface area contributed by atoms with E-state index in [2.05, 4.69) is 238 Å². The van der Waals surface area contributed by atoms with Gasteiger partial charge < -0.3 is 13.7 Å². The number of anilines is 3. The van der Waals surface area contributed by atoms with Crippen LogP contribution in [-0.4, -0.2) is 0 Å². The Hall–Kier alpha value is -7.62. The van der Waals surface area contributed by atoms with Crippen molar-refractivity contribution in [3.8, 4) is 44.5 Å². The summed E-state index contributed by atoms with van der Waals surface area (Å²) in [5.74, 6) is 0. The van der Waals surface area contributed by atoms with Gasteiger partial charge in [-0.3, -0.25) is 0 Å². The highest BCUT2D eigenvalue weighted by Crippen LogP contribution is 2.64. The molecule has 11 aromatic rings. The molecule has 0 saturated heterocycles. The molecule has 71 heavy (non-hydrogen) atoms. The number of rotatable bonds is 4. The Morgan fingerprint density at radius 1 is 0.408 bits per heavy atom. The van der Waals surface area contributed by atoms with E-state index in [9.17, 15) is 0 Å². The predicted octanol–water partition coefficient (Wildman–Crippen LogP) is 19.1. The highest BCUT2D eigenvalue weighted by Gasteiger charge is 2.49. The summed E-state index contributed by atoms with van der Waals surface area (Å²) in [6.07, 6.45) is 0. The number of aryl methyl sites for hydroxylation is 1. The minimum absolute atomic E-state index is 0.0201. The summed E-state index contributed by atoms with van der Waals surface area (Å²) < 4.78 is 13.9. The van der Waals surface area contributed by atoms with Gasteiger partial charge in [-0.05, 0) is 139 Å². The van der Waals surface area contributed by atoms with Crippen LogP contribution in [0.15, 0.2) is 173 Å². The van der Waals surface area contributed by atoms with Gasteiger partial charge in [-0.25, -0.2) is 0 Å². The van der Waals surface area contributed by atoms with E-state index in [0.717, 1.165) is 50.3 Å². The highest BCUT2D eigenvalue weighted by molar-refractivity contribution is 6.21. The van der Waals surface area contributed by atoms with E-state index in [1.165, 1.54) is 99.6 Å². The van der Waals surface area contributed by atoms with E-state index in [0.29, 0.717) is 0 Å². The maximum Gasteiger partial charge on any atom is 0.144 e. The quantitative estimate of drug-likeness (QED) is 0.176. The van der Waals surface area contributed by atoms with Crippen LogP contribution in [0.2, 0.25) is 0 Å². The molecule has 346 valence electrons. The lowest BCUT2D eigenvalue weighted by Crippen LogP contribution is -2.24. The molecule has 0 radical (unpaired) electrons. The second-order valence-electron chi connectivity index (χ2n) is 23.3. The molecule has 0 saturated carbocycles. The lowest BCUT2D eigenvalue weighted by atomic mass is 9.72. The lowest BCUT2D eigenvalue weighted by Gasteiger charge is -2.32. The number of hydrogen-bond acceptors (Lipinski definition) is 3. The maximum absolute atomic E-state index is 7.00. The number of furan rings is 2. The average molecular weight is 920 g/mol. The predicted molar refractivity (Wildman–Crippen MR) is 297 cm³/mol. The fraction of sp³-hybridized carbons (Fsp3) is 0.206. The monoisotopic (exact) mass is 919 g/mol. The standard InChI is InChI=1S/C68H57NO2/c1-38-18-17-19-39(34-38)49-37-53-56(58-47-21-12-15-24-54(47)70-63(49)58)45-32-30-42(35-51(45)66(53,5)6)69(41-28-26-40(27-29-41)65(2,3)4)43-31-33-46-52(36-43)68(9,10)61-57(46)59-48-22-13-16-25-55(48)71-64(59)60-44-20-11-14-23-50(44)67(7,8)62(60)61/h11-37H,1-10H3. The van der Waals surface area contributed by atoms with Crippen molar-refractivity contribution in [1.29, 1.82) is 0 Å². The first-order chi connectivity index (χ1) is 34.0. The molecule has 9 aromatic carbocycles. The third kappa shape index (κ3) is 5.61. The minimum Gasteiger partial charge on any atom is -0.455 e. The van der Waals surface area contributed by atoms with E-state index < -0.39 is 0 Å². The van der Waals surface area contributed by atoms with Gasteiger partial charge >= 0.3 is 0 Å². The van der Waals surface area contributed by atoms with Gasteiger partial charge in [0, 0.05) is 66.0 Å². The number of fused-ring (bicyclic) bond motifs is 19. The molecule has 0 N–H and O–H groups in total. The third-order valence-corrected chi connectivity index (χ3v) is 17.0. The molecule has 2 aromatic heterocycles. The zero-order valence-corrected chi connectivity index (χ0v) is 42.4. The van der Waals surface area contributed by atoms with Crippen molar-refractivity contribution < 1.29 is 8.83 Å². The van der Waals surface area contributed by atoms with Crippen molar-refractivity contribution in [3.05, 3.63) is 208 Å². The molecular weight excluding hydrogens is 863 g/mol. The molecule has 3 nitrogen and oxygen atoms in total. The van der Waals surface area contributed by atoms with E-state index in [-0.39, 0.29) is 21.7 Å². The molecule has 2 heterocycles. The zero-order chi connectivity index (χ0) is 48.7. The largest absolute Gasteiger partial charge is 0.455 e. The molecule has 0 unspecified atom stereocenters. The molecule has 3 aliphatic carbocycles. The summed E-state index contributed by atoms with van der Waals surface area (Å²) in [6.45, 7) is 23.6. The Labute approximate surface area is 416 Å². The van der Waals surface area contributed by atoms with E-state index in [4.69, 9.17) is 8.83 Å². The first-order valence-electron chi connectivity index (χ1n) is 25.4. The second-order valence-corrected chi connectivity index (χ2v) is 23.3. The molecule has 0 amide bonds. The van der Waals surface area contributed by atoms with Gasteiger partial charge in [0.15, 0.2) is 0 Å². The second kappa shape index (κ2) is 14.0. The fourth-order valence-electron chi connectivity index (χ4n) is 13.5. The molecule has 3 heteroatoms. The van der Waals surface area contributed by atoms with Crippen molar-refractivity contribution in [2.75, 3.05) is 4.90 Å². The molecule has 0 aliphatic heterocycles. The van der Waals surface area contributed by atoms with Gasteiger partial charge in [-0.2, -0.15) is 0 Å². The van der Waals surface area contributed by atoms with Crippen LogP contribution >= 0.6 is 0 Å². The van der Waals surface area contributed by atoms with Crippen LogP contribution in [0.5, 0.6) is 0 Å². The van der Waals surface area contributed by atoms with Crippen molar-refractivity contribution in [2.45, 2.75) is 90.9 Å². The number of hydrogen-bond donors (Lipinski definition) is 0. The molecule has 0 spiro atoms. The summed E-state index contributed by atoms with van der Waals surface area (Å²) in [6, 6.07) is 61.2. The minimum atomic E-state index is -0.326. The van der Waals surface area contributed by atoms with Crippen LogP contribution in [0.1, 0.15) is 107 Å². The molecule has 0 fully saturated rings. The van der Waals surface area contributed by atoms with Crippen molar-refractivity contribution in [1.82, 2.24) is 0 Å². The number of benzene rings is 9. The van der Waals surface area contributed by atoms with Crippen molar-refractivity contribution >= 4 is 60.9 Å². The Morgan fingerprint density at radius 2 is 0.944 bits per heavy atom. The van der Waals surface area contributed by atoms with Crippen LogP contribution in [0.3, 0.4) is 0 Å². The van der Waals surface area contributed by atoms with Gasteiger partial charge in [-0.15, -0.1) is 0 Å². The van der Waals surface area contributed by atoms with Crippen LogP contribution in [0.4, 0.5) is 17.1 Å². The smallest absolute Gasteiger partial charge is 0.144 e. The molecule has 3 aliphatic rings. The Balaban J connectivity index is 0.992. The van der Waals surface area contributed by atoms with Gasteiger partial charge in [-0.1, -0.05) is 177 Å². The average Bonchev–Trinajstić information content (AvgIpc) is 4.10. The van der Waals surface area contributed by atoms with E-state index >= 15 is 0 Å². The topological polar surface area (TPSA) is 29.5 Å². The van der Waals surface area contributed by atoms with E-state index in [1.807, 2.05) is 0 Å². The van der Waals surface area contributed by atoms with Crippen LogP contribution in [0, 0.1) is 6.92 Å². The number of para-hydroxylation sites is 2. The van der Waals surface area contributed by atoms with Gasteiger partial charge in [0.05, 0.1) is 0 Å². The molecule has 0 atom stereocenters. The first kappa shape index (κ1) is 42.3. The highest BCUT2D eigenvalue weighted by atomic mass is 16.3. The van der Waals surface area contributed by atoms with Crippen molar-refractivity contribution in [3.63, 3.8) is 0 Å². The summed E-state index contributed by atoms with van der Waals surface area (Å²) in [5, 5.41) is 4.75. The van der Waals surface area contributed by atoms with E-state index in [1.54, 1.807) is 0 Å².